The zero-order valence-electron chi connectivity index (χ0n) is 14.6. The molecule has 6 heteroatoms. The molecule has 0 aromatic heterocycles. The third-order valence-electron chi connectivity index (χ3n) is 3.43. The molecule has 25 heavy (non-hydrogen) atoms. The van der Waals surface area contributed by atoms with E-state index in [-0.39, 0.29) is 12.3 Å². The fourth-order valence-electron chi connectivity index (χ4n) is 2.24. The Balaban J connectivity index is 1.99. The van der Waals surface area contributed by atoms with Crippen molar-refractivity contribution in [2.75, 3.05) is 20.8 Å². The van der Waals surface area contributed by atoms with Gasteiger partial charge in [-0.2, -0.15) is 5.10 Å². The van der Waals surface area contributed by atoms with Crippen LogP contribution in [0.15, 0.2) is 47.6 Å². The van der Waals surface area contributed by atoms with Crippen molar-refractivity contribution in [2.45, 2.75) is 13.3 Å². The summed E-state index contributed by atoms with van der Waals surface area (Å²) in [5, 5.41) is 4.00. The zero-order valence-corrected chi connectivity index (χ0v) is 14.6. The largest absolute Gasteiger partial charge is 0.497 e. The minimum Gasteiger partial charge on any atom is -0.497 e. The molecule has 2 aromatic carbocycles. The van der Waals surface area contributed by atoms with Crippen LogP contribution in [-0.4, -0.2) is 32.9 Å². The number of rotatable bonds is 8. The van der Waals surface area contributed by atoms with Crippen LogP contribution in [0.4, 0.5) is 0 Å². The summed E-state index contributed by atoms with van der Waals surface area (Å²) in [4.78, 5) is 12.0. The maximum absolute atomic E-state index is 12.0. The summed E-state index contributed by atoms with van der Waals surface area (Å²) >= 11 is 0. The summed E-state index contributed by atoms with van der Waals surface area (Å²) in [6, 6.07) is 12.8. The minimum atomic E-state index is -0.206. The van der Waals surface area contributed by atoms with Gasteiger partial charge in [-0.1, -0.05) is 18.2 Å². The van der Waals surface area contributed by atoms with E-state index in [9.17, 15) is 4.79 Å². The fraction of sp³-hybridized carbons (Fsp3) is 0.263. The zero-order chi connectivity index (χ0) is 18.1. The molecule has 0 atom stereocenters. The molecule has 0 fully saturated rings. The Morgan fingerprint density at radius 2 is 1.88 bits per heavy atom. The van der Waals surface area contributed by atoms with Crippen LogP contribution in [-0.2, 0) is 11.2 Å². The quantitative estimate of drug-likeness (QED) is 0.592. The average Bonchev–Trinajstić information content (AvgIpc) is 2.63. The van der Waals surface area contributed by atoms with Crippen LogP contribution < -0.4 is 19.6 Å². The number of nitrogens with zero attached hydrogens (tertiary/aromatic N) is 1. The summed E-state index contributed by atoms with van der Waals surface area (Å²) in [5.74, 6) is 1.77. The van der Waals surface area contributed by atoms with Crippen molar-refractivity contribution in [1.82, 2.24) is 5.43 Å². The predicted octanol–water partition coefficient (Wildman–Crippen LogP) is 2.80. The number of carbonyl (C=O) groups is 1. The van der Waals surface area contributed by atoms with Crippen molar-refractivity contribution in [3.05, 3.63) is 53.6 Å². The summed E-state index contributed by atoms with van der Waals surface area (Å²) in [6.45, 7) is 2.40. The highest BCUT2D eigenvalue weighted by atomic mass is 16.5. The number of hydrazone groups is 1. The van der Waals surface area contributed by atoms with Gasteiger partial charge in [0.2, 0.25) is 5.91 Å². The van der Waals surface area contributed by atoms with E-state index in [0.29, 0.717) is 18.1 Å². The van der Waals surface area contributed by atoms with Gasteiger partial charge in [-0.05, 0) is 36.8 Å². The first kappa shape index (κ1) is 18.3. The van der Waals surface area contributed by atoms with E-state index in [2.05, 4.69) is 10.5 Å². The van der Waals surface area contributed by atoms with Crippen LogP contribution in [0.1, 0.15) is 18.1 Å². The van der Waals surface area contributed by atoms with E-state index in [1.165, 1.54) is 0 Å². The van der Waals surface area contributed by atoms with Crippen molar-refractivity contribution in [3.8, 4) is 17.2 Å². The molecule has 0 heterocycles. The molecule has 0 radical (unpaired) electrons. The Bertz CT molecular complexity index is 727. The minimum absolute atomic E-state index is 0.206. The number of ether oxygens (including phenoxy) is 3. The van der Waals surface area contributed by atoms with Crippen LogP contribution in [0.2, 0.25) is 0 Å². The third-order valence-corrected chi connectivity index (χ3v) is 3.43. The number of hydrogen-bond donors (Lipinski definition) is 1. The fourth-order valence-corrected chi connectivity index (χ4v) is 2.24. The summed E-state index contributed by atoms with van der Waals surface area (Å²) in [7, 11) is 3.18. The number of benzene rings is 2. The van der Waals surface area contributed by atoms with Crippen molar-refractivity contribution in [2.24, 2.45) is 5.10 Å². The number of hydrogen-bond acceptors (Lipinski definition) is 5. The maximum Gasteiger partial charge on any atom is 0.244 e. The van der Waals surface area contributed by atoms with Gasteiger partial charge in [0.15, 0.2) is 11.5 Å². The van der Waals surface area contributed by atoms with Gasteiger partial charge >= 0.3 is 0 Å². The van der Waals surface area contributed by atoms with Gasteiger partial charge in [-0.3, -0.25) is 4.79 Å². The Morgan fingerprint density at radius 1 is 1.12 bits per heavy atom. The molecule has 2 aromatic rings. The standard InChI is InChI=1S/C19H22N2O4/c1-4-25-19-15(6-5-7-17(19)24-3)13-20-21-18(22)12-14-8-10-16(23-2)11-9-14/h5-11,13H,4,12H2,1-3H3,(H,21,22)/b20-13-. The highest BCUT2D eigenvalue weighted by Crippen LogP contribution is 2.29. The lowest BCUT2D eigenvalue weighted by molar-refractivity contribution is -0.120. The molecule has 1 amide bonds. The van der Waals surface area contributed by atoms with Gasteiger partial charge in [-0.15, -0.1) is 0 Å². The van der Waals surface area contributed by atoms with Gasteiger partial charge in [0.1, 0.15) is 5.75 Å². The second-order valence-corrected chi connectivity index (χ2v) is 5.13. The normalized spacial score (nSPS) is 10.5. The number of amides is 1. The molecule has 0 spiro atoms. The van der Waals surface area contributed by atoms with Gasteiger partial charge in [0.05, 0.1) is 33.5 Å². The topological polar surface area (TPSA) is 69.2 Å². The van der Waals surface area contributed by atoms with Crippen LogP contribution in [0.3, 0.4) is 0 Å². The lowest BCUT2D eigenvalue weighted by Gasteiger charge is -2.11. The van der Waals surface area contributed by atoms with Gasteiger partial charge in [-0.25, -0.2) is 5.43 Å². The highest BCUT2D eigenvalue weighted by Gasteiger charge is 2.08. The lowest BCUT2D eigenvalue weighted by atomic mass is 10.1. The number of carbonyl (C=O) groups excluding carboxylic acids is 1. The van der Waals surface area contributed by atoms with E-state index in [4.69, 9.17) is 14.2 Å². The molecule has 6 nitrogen and oxygen atoms in total. The molecule has 0 bridgehead atoms. The second kappa shape index (κ2) is 9.32. The Labute approximate surface area is 147 Å². The average molecular weight is 342 g/mol. The first-order valence-corrected chi connectivity index (χ1v) is 7.92. The molecular weight excluding hydrogens is 320 g/mol. The molecule has 0 aliphatic rings. The molecule has 0 saturated carbocycles. The van der Waals surface area contributed by atoms with Crippen molar-refractivity contribution in [1.29, 1.82) is 0 Å². The predicted molar refractivity (Wildman–Crippen MR) is 96.6 cm³/mol. The van der Waals surface area contributed by atoms with Crippen molar-refractivity contribution < 1.29 is 19.0 Å². The lowest BCUT2D eigenvalue weighted by Crippen LogP contribution is -2.19. The van der Waals surface area contributed by atoms with Crippen molar-refractivity contribution >= 4 is 12.1 Å². The van der Waals surface area contributed by atoms with Gasteiger partial charge in [0.25, 0.3) is 0 Å². The summed E-state index contributed by atoms with van der Waals surface area (Å²) < 4.78 is 16.0. The maximum atomic E-state index is 12.0. The number of nitrogens with one attached hydrogen (secondary N) is 1. The van der Waals surface area contributed by atoms with Gasteiger partial charge in [0, 0.05) is 5.56 Å². The molecule has 2 rings (SSSR count). The Morgan fingerprint density at radius 3 is 2.52 bits per heavy atom. The molecule has 0 saturated heterocycles. The SMILES string of the molecule is CCOc1c(/C=N\NC(=O)Cc2ccc(OC)cc2)cccc1OC. The monoisotopic (exact) mass is 342 g/mol. The second-order valence-electron chi connectivity index (χ2n) is 5.13. The van der Waals surface area contributed by atoms with Crippen LogP contribution in [0, 0.1) is 0 Å². The molecule has 132 valence electrons. The van der Waals surface area contributed by atoms with Crippen LogP contribution in [0.5, 0.6) is 17.2 Å². The molecule has 0 aliphatic carbocycles. The third kappa shape index (κ3) is 5.24. The van der Waals surface area contributed by atoms with Crippen LogP contribution >= 0.6 is 0 Å². The molecule has 0 unspecified atom stereocenters. The van der Waals surface area contributed by atoms with E-state index >= 15 is 0 Å². The molecule has 0 aliphatic heterocycles. The summed E-state index contributed by atoms with van der Waals surface area (Å²) in [5.41, 5.74) is 4.13. The van der Waals surface area contributed by atoms with E-state index in [0.717, 1.165) is 16.9 Å². The van der Waals surface area contributed by atoms with Crippen LogP contribution in [0.25, 0.3) is 0 Å². The first-order valence-electron chi connectivity index (χ1n) is 7.92. The Hall–Kier alpha value is -3.02. The smallest absolute Gasteiger partial charge is 0.244 e. The van der Waals surface area contributed by atoms with E-state index in [1.807, 2.05) is 49.4 Å². The summed E-state index contributed by atoms with van der Waals surface area (Å²) in [6.07, 6.45) is 1.77. The highest BCUT2D eigenvalue weighted by molar-refractivity contribution is 5.86. The number of methoxy groups -OCH3 is 2. The Kier molecular flexibility index (Phi) is 6.83. The van der Waals surface area contributed by atoms with E-state index in [1.54, 1.807) is 20.4 Å². The number of para-hydroxylation sites is 1. The molecule has 1 N–H and O–H groups in total. The van der Waals surface area contributed by atoms with Crippen molar-refractivity contribution in [3.63, 3.8) is 0 Å². The molecular formula is C19H22N2O4. The van der Waals surface area contributed by atoms with Gasteiger partial charge < -0.3 is 14.2 Å². The van der Waals surface area contributed by atoms with E-state index < -0.39 is 0 Å². The first-order chi connectivity index (χ1) is 12.2.